The number of aliphatic carboxylic acids is 1. The van der Waals surface area contributed by atoms with Crippen LogP contribution in [-0.2, 0) is 24.0 Å². The van der Waals surface area contributed by atoms with Crippen LogP contribution in [0.25, 0.3) is 0 Å². The van der Waals surface area contributed by atoms with E-state index in [1.807, 2.05) is 0 Å². The topological polar surface area (TPSA) is 361 Å². The lowest BCUT2D eigenvalue weighted by Crippen LogP contribution is -2.58. The molecule has 0 aliphatic heterocycles. The number of hydrogen-bond acceptors (Lipinski definition) is 10. The Hall–Kier alpha value is -4.23. The lowest BCUT2D eigenvalue weighted by atomic mass is 10.0. The van der Waals surface area contributed by atoms with Crippen molar-refractivity contribution < 1.29 is 29.1 Å². The number of nitrogens with one attached hydrogen (secondary N) is 4. The highest BCUT2D eigenvalue weighted by Gasteiger charge is 2.30. The van der Waals surface area contributed by atoms with E-state index in [9.17, 15) is 29.1 Å². The minimum Gasteiger partial charge on any atom is -0.480 e. The van der Waals surface area contributed by atoms with Gasteiger partial charge in [-0.3, -0.25) is 29.2 Å². The highest BCUT2D eigenvalue weighted by Crippen LogP contribution is 2.08. The van der Waals surface area contributed by atoms with Crippen molar-refractivity contribution in [1.29, 1.82) is 0 Å². The Morgan fingerprint density at radius 3 is 1.24 bits per heavy atom. The van der Waals surface area contributed by atoms with Crippen LogP contribution >= 0.6 is 0 Å². The fraction of sp³-hybridized carbons (Fsp3) is 0.731. The van der Waals surface area contributed by atoms with E-state index in [2.05, 4.69) is 31.3 Å². The monoisotopic (exact) mass is 643 g/mol. The summed E-state index contributed by atoms with van der Waals surface area (Å²) in [5.74, 6) is -4.14. The minimum absolute atomic E-state index is 0.0399. The van der Waals surface area contributed by atoms with Crippen LogP contribution in [0.1, 0.15) is 64.2 Å². The molecular formula is C26H53N13O6. The summed E-state index contributed by atoms with van der Waals surface area (Å²) in [6.07, 6.45) is 3.20. The molecule has 45 heavy (non-hydrogen) atoms. The van der Waals surface area contributed by atoms with Crippen LogP contribution in [0.2, 0.25) is 0 Å². The summed E-state index contributed by atoms with van der Waals surface area (Å²) in [5.41, 5.74) is 37.9. The maximum atomic E-state index is 13.5. The van der Waals surface area contributed by atoms with Gasteiger partial charge in [0.25, 0.3) is 0 Å². The van der Waals surface area contributed by atoms with Crippen molar-refractivity contribution in [2.75, 3.05) is 32.7 Å². The molecule has 0 aromatic heterocycles. The fourth-order valence-electron chi connectivity index (χ4n) is 4.13. The Labute approximate surface area is 263 Å². The second kappa shape index (κ2) is 24.1. The van der Waals surface area contributed by atoms with Crippen molar-refractivity contribution in [1.82, 2.24) is 21.3 Å². The van der Waals surface area contributed by atoms with E-state index in [4.69, 9.17) is 40.1 Å². The number of unbranched alkanes of at least 4 members (excludes halogenated alkanes) is 2. The second-order valence-corrected chi connectivity index (χ2v) is 10.3. The highest BCUT2D eigenvalue weighted by atomic mass is 16.4. The normalized spacial score (nSPS) is 13.3. The molecule has 0 aliphatic carbocycles. The molecule has 0 radical (unpaired) electrons. The number of carboxylic acids is 1. The van der Waals surface area contributed by atoms with Crippen molar-refractivity contribution in [2.45, 2.75) is 88.4 Å². The maximum absolute atomic E-state index is 13.5. The lowest BCUT2D eigenvalue weighted by molar-refractivity contribution is -0.142. The summed E-state index contributed by atoms with van der Waals surface area (Å²) >= 11 is 0. The van der Waals surface area contributed by atoms with Gasteiger partial charge in [-0.05, 0) is 77.3 Å². The number of guanidine groups is 2. The van der Waals surface area contributed by atoms with Crippen LogP contribution in [0.5, 0.6) is 0 Å². The molecule has 258 valence electrons. The number of carboxylic acid groups (broad SMARTS) is 1. The summed E-state index contributed by atoms with van der Waals surface area (Å²) in [4.78, 5) is 71.4. The Balaban J connectivity index is 5.83. The lowest BCUT2D eigenvalue weighted by Gasteiger charge is -2.26. The minimum atomic E-state index is -1.27. The molecule has 4 amide bonds. The molecule has 0 fully saturated rings. The van der Waals surface area contributed by atoms with Crippen LogP contribution in [0.4, 0.5) is 0 Å². The van der Waals surface area contributed by atoms with Crippen LogP contribution in [0.15, 0.2) is 9.98 Å². The third-order valence-corrected chi connectivity index (χ3v) is 6.50. The molecule has 0 heterocycles. The molecule has 0 bridgehead atoms. The van der Waals surface area contributed by atoms with E-state index in [1.54, 1.807) is 0 Å². The van der Waals surface area contributed by atoms with Crippen LogP contribution in [0, 0.1) is 0 Å². The first-order valence-electron chi connectivity index (χ1n) is 15.0. The largest absolute Gasteiger partial charge is 0.480 e. The second-order valence-electron chi connectivity index (χ2n) is 10.3. The Bertz CT molecular complexity index is 986. The smallest absolute Gasteiger partial charge is 0.326 e. The number of nitrogens with two attached hydrogens (primary N) is 7. The standard InChI is InChI=1S/C26H53N13O6/c27-11-3-1-7-17(37-21(41)16(36-20(40)15-29)9-5-13-34-25(30)31)22(42)38-18(8-2-4-12-28)23(43)39-19(24(44)45)10-6-14-35-26(32)33/h16-19H,1-15,27-29H2,(H,36,40)(H,37,41)(H,38,42)(H,39,43)(H,44,45)(H4,30,31,34)(H4,32,33,35)/t16-,17-,18-,19-/m0/s1. The summed E-state index contributed by atoms with van der Waals surface area (Å²) in [5, 5.41) is 19.9. The number of aliphatic imine (C=N–C) groups is 2. The fourth-order valence-corrected chi connectivity index (χ4v) is 4.13. The predicted molar refractivity (Wildman–Crippen MR) is 170 cm³/mol. The van der Waals surface area contributed by atoms with Gasteiger partial charge in [0.15, 0.2) is 11.9 Å². The molecule has 4 atom stereocenters. The van der Waals surface area contributed by atoms with E-state index < -0.39 is 53.8 Å². The average Bonchev–Trinajstić information content (AvgIpc) is 2.98. The van der Waals surface area contributed by atoms with Crippen LogP contribution in [0.3, 0.4) is 0 Å². The number of carbonyl (C=O) groups excluding carboxylic acids is 4. The third kappa shape index (κ3) is 19.6. The zero-order valence-corrected chi connectivity index (χ0v) is 25.8. The van der Waals surface area contributed by atoms with Crippen molar-refractivity contribution in [3.05, 3.63) is 0 Å². The molecule has 0 aromatic carbocycles. The number of amides is 4. The quantitative estimate of drug-likeness (QED) is 0.0253. The molecule has 0 aliphatic rings. The summed E-state index contributed by atoms with van der Waals surface area (Å²) in [6.45, 7) is 0.719. The molecule has 0 unspecified atom stereocenters. The first-order chi connectivity index (χ1) is 21.4. The molecule has 19 N–H and O–H groups in total. The zero-order chi connectivity index (χ0) is 34.2. The number of nitrogens with zero attached hydrogens (tertiary/aromatic N) is 2. The molecule has 0 saturated heterocycles. The first-order valence-corrected chi connectivity index (χ1v) is 15.0. The third-order valence-electron chi connectivity index (χ3n) is 6.50. The number of hydrogen-bond donors (Lipinski definition) is 12. The Morgan fingerprint density at radius 1 is 0.533 bits per heavy atom. The van der Waals surface area contributed by atoms with Gasteiger partial charge in [0.05, 0.1) is 6.54 Å². The van der Waals surface area contributed by atoms with E-state index in [1.165, 1.54) is 0 Å². The number of carbonyl (C=O) groups is 5. The van der Waals surface area contributed by atoms with Gasteiger partial charge in [-0.25, -0.2) is 4.79 Å². The summed E-state index contributed by atoms with van der Waals surface area (Å²) in [6, 6.07) is -4.52. The maximum Gasteiger partial charge on any atom is 0.326 e. The highest BCUT2D eigenvalue weighted by molar-refractivity contribution is 5.95. The molecular weight excluding hydrogens is 590 g/mol. The van der Waals surface area contributed by atoms with E-state index in [-0.39, 0.29) is 63.7 Å². The zero-order valence-electron chi connectivity index (χ0n) is 25.8. The van der Waals surface area contributed by atoms with Gasteiger partial charge < -0.3 is 66.5 Å². The summed E-state index contributed by atoms with van der Waals surface area (Å²) < 4.78 is 0. The molecule has 19 heteroatoms. The van der Waals surface area contributed by atoms with Gasteiger partial charge in [0, 0.05) is 13.1 Å². The molecule has 0 saturated carbocycles. The van der Waals surface area contributed by atoms with Gasteiger partial charge in [-0.1, -0.05) is 0 Å². The first kappa shape index (κ1) is 40.8. The van der Waals surface area contributed by atoms with Gasteiger partial charge in [-0.2, -0.15) is 0 Å². The van der Waals surface area contributed by atoms with Crippen molar-refractivity contribution in [2.24, 2.45) is 50.1 Å². The van der Waals surface area contributed by atoms with Crippen LogP contribution < -0.4 is 61.4 Å². The van der Waals surface area contributed by atoms with Crippen molar-refractivity contribution in [3.63, 3.8) is 0 Å². The van der Waals surface area contributed by atoms with Crippen molar-refractivity contribution in [3.8, 4) is 0 Å². The summed E-state index contributed by atoms with van der Waals surface area (Å²) in [7, 11) is 0. The van der Waals surface area contributed by atoms with Crippen molar-refractivity contribution >= 4 is 41.5 Å². The van der Waals surface area contributed by atoms with Gasteiger partial charge in [-0.15, -0.1) is 0 Å². The molecule has 0 rings (SSSR count). The molecule has 0 spiro atoms. The number of rotatable bonds is 25. The van der Waals surface area contributed by atoms with Gasteiger partial charge >= 0.3 is 5.97 Å². The predicted octanol–water partition coefficient (Wildman–Crippen LogP) is -4.67. The Morgan fingerprint density at radius 2 is 0.889 bits per heavy atom. The molecule has 19 nitrogen and oxygen atoms in total. The Kier molecular flexibility index (Phi) is 21.9. The SMILES string of the molecule is NCCCC[C@H](NC(=O)[C@H](CCCCN)NC(=O)[C@H](CCCN=C(N)N)NC(=O)CN)C(=O)N[C@@H](CCCN=C(N)N)C(=O)O. The van der Waals surface area contributed by atoms with Gasteiger partial charge in [0.2, 0.25) is 23.6 Å². The van der Waals surface area contributed by atoms with E-state index in [0.717, 1.165) is 0 Å². The van der Waals surface area contributed by atoms with Gasteiger partial charge in [0.1, 0.15) is 24.2 Å². The van der Waals surface area contributed by atoms with E-state index in [0.29, 0.717) is 45.2 Å². The average molecular weight is 644 g/mol. The van der Waals surface area contributed by atoms with Crippen LogP contribution in [-0.4, -0.2) is 104 Å². The van der Waals surface area contributed by atoms with E-state index >= 15 is 0 Å². The molecule has 0 aromatic rings.